The summed E-state index contributed by atoms with van der Waals surface area (Å²) < 4.78 is 6.50. The summed E-state index contributed by atoms with van der Waals surface area (Å²) in [6.45, 7) is 9.83. The number of alkyl carbamates (subject to hydrolysis) is 1. The molecule has 0 saturated carbocycles. The highest BCUT2D eigenvalue weighted by Crippen LogP contribution is 2.23. The third-order valence-electron chi connectivity index (χ3n) is 6.58. The van der Waals surface area contributed by atoms with Gasteiger partial charge in [0.2, 0.25) is 0 Å². The minimum atomic E-state index is -0.501. The van der Waals surface area contributed by atoms with E-state index in [1.807, 2.05) is 45.0 Å². The number of nitrogens with one attached hydrogen (secondary N) is 1. The molecule has 2 aromatic carbocycles. The molecule has 186 valence electrons. The lowest BCUT2D eigenvalue weighted by atomic mass is 9.99. The minimum absolute atomic E-state index is 0.117. The number of likely N-dealkylation sites (tertiary alicyclic amines) is 1. The van der Waals surface area contributed by atoms with Gasteiger partial charge in [0.25, 0.3) is 0 Å². The lowest BCUT2D eigenvalue weighted by Crippen LogP contribution is -2.60. The van der Waals surface area contributed by atoms with Gasteiger partial charge in [-0.05, 0) is 81.8 Å². The van der Waals surface area contributed by atoms with Gasteiger partial charge in [-0.1, -0.05) is 24.3 Å². The molecule has 6 heteroatoms. The smallest absolute Gasteiger partial charge is 0.408 e. The maximum absolute atomic E-state index is 12.4. The number of amides is 1. The molecule has 1 fully saturated rings. The van der Waals surface area contributed by atoms with Crippen LogP contribution in [0.1, 0.15) is 57.6 Å². The zero-order chi connectivity index (χ0) is 24.6. The van der Waals surface area contributed by atoms with Crippen LogP contribution in [0.4, 0.5) is 4.79 Å². The quantitative estimate of drug-likeness (QED) is 0.443. The lowest BCUT2D eigenvalue weighted by molar-refractivity contribution is -0.933. The fourth-order valence-electron chi connectivity index (χ4n) is 5.00. The second-order valence-electron chi connectivity index (χ2n) is 10.7. The third kappa shape index (κ3) is 8.56. The largest absolute Gasteiger partial charge is 0.508 e. The number of aryl methyl sites for hydroxylation is 2. The summed E-state index contributed by atoms with van der Waals surface area (Å²) in [5.41, 5.74) is 1.97. The van der Waals surface area contributed by atoms with Crippen LogP contribution in [0, 0.1) is 0 Å². The van der Waals surface area contributed by atoms with Gasteiger partial charge < -0.3 is 24.7 Å². The van der Waals surface area contributed by atoms with Gasteiger partial charge in [-0.3, -0.25) is 0 Å². The van der Waals surface area contributed by atoms with Crippen molar-refractivity contribution in [3.63, 3.8) is 0 Å². The van der Waals surface area contributed by atoms with Gasteiger partial charge in [0.1, 0.15) is 17.1 Å². The van der Waals surface area contributed by atoms with E-state index < -0.39 is 5.60 Å². The highest BCUT2D eigenvalue weighted by atomic mass is 16.6. The van der Waals surface area contributed by atoms with E-state index >= 15 is 0 Å². The predicted octanol–water partition coefficient (Wildman–Crippen LogP) is 5.17. The number of rotatable bonds is 9. The fourth-order valence-corrected chi connectivity index (χ4v) is 5.00. The molecule has 34 heavy (non-hydrogen) atoms. The SMILES string of the molecule is CC(C)(C)OC(=O)NC1CCC[N+](CCCc2ccc(O)cc2)(CCCc2ccc(O)cc2)C1. The van der Waals surface area contributed by atoms with Crippen molar-refractivity contribution in [1.82, 2.24) is 5.32 Å². The number of carbonyl (C=O) groups excluding carboxylic acids is 1. The maximum atomic E-state index is 12.4. The van der Waals surface area contributed by atoms with Crippen LogP contribution in [-0.4, -0.2) is 58.6 Å². The summed E-state index contributed by atoms with van der Waals surface area (Å²) in [5.74, 6) is 0.599. The summed E-state index contributed by atoms with van der Waals surface area (Å²) in [6, 6.07) is 15.1. The van der Waals surface area contributed by atoms with E-state index in [0.717, 1.165) is 69.2 Å². The molecule has 2 aromatic rings. The molecule has 1 atom stereocenters. The Hall–Kier alpha value is -2.73. The van der Waals surface area contributed by atoms with E-state index in [1.54, 1.807) is 24.3 Å². The van der Waals surface area contributed by atoms with Crippen molar-refractivity contribution in [3.05, 3.63) is 59.7 Å². The molecule has 0 bridgehead atoms. The molecule has 1 amide bonds. The molecule has 0 spiro atoms. The highest BCUT2D eigenvalue weighted by Gasteiger charge is 2.35. The number of hydrogen-bond acceptors (Lipinski definition) is 4. The molecule has 3 rings (SSSR count). The average Bonchev–Trinajstić information content (AvgIpc) is 2.75. The van der Waals surface area contributed by atoms with Gasteiger partial charge in [-0.2, -0.15) is 0 Å². The summed E-state index contributed by atoms with van der Waals surface area (Å²) in [5, 5.41) is 22.2. The van der Waals surface area contributed by atoms with Crippen molar-refractivity contribution < 1.29 is 24.2 Å². The Balaban J connectivity index is 1.62. The van der Waals surface area contributed by atoms with Crippen molar-refractivity contribution in [2.24, 2.45) is 0 Å². The van der Waals surface area contributed by atoms with Crippen molar-refractivity contribution in [1.29, 1.82) is 0 Å². The molecule has 1 aliphatic heterocycles. The zero-order valence-corrected chi connectivity index (χ0v) is 20.9. The number of phenolic OH excluding ortho intramolecular Hbond substituents is 2. The van der Waals surface area contributed by atoms with E-state index in [9.17, 15) is 15.0 Å². The normalized spacial score (nSPS) is 17.8. The highest BCUT2D eigenvalue weighted by molar-refractivity contribution is 5.68. The number of quaternary nitrogens is 1. The summed E-state index contributed by atoms with van der Waals surface area (Å²) in [4.78, 5) is 12.4. The van der Waals surface area contributed by atoms with Crippen LogP contribution >= 0.6 is 0 Å². The molecule has 1 saturated heterocycles. The first kappa shape index (κ1) is 25.9. The van der Waals surface area contributed by atoms with E-state index in [0.29, 0.717) is 11.5 Å². The van der Waals surface area contributed by atoms with Crippen LogP contribution in [0.2, 0.25) is 0 Å². The molecule has 1 unspecified atom stereocenters. The van der Waals surface area contributed by atoms with E-state index in [2.05, 4.69) is 5.32 Å². The van der Waals surface area contributed by atoms with Crippen molar-refractivity contribution in [2.45, 2.75) is 70.9 Å². The fraction of sp³-hybridized carbons (Fsp3) is 0.536. The van der Waals surface area contributed by atoms with Crippen molar-refractivity contribution >= 4 is 6.09 Å². The summed E-state index contributed by atoms with van der Waals surface area (Å²) in [6.07, 6.45) is 5.80. The Labute approximate surface area is 204 Å². The van der Waals surface area contributed by atoms with Gasteiger partial charge in [-0.15, -0.1) is 0 Å². The summed E-state index contributed by atoms with van der Waals surface area (Å²) >= 11 is 0. The van der Waals surface area contributed by atoms with E-state index in [-0.39, 0.29) is 12.1 Å². The van der Waals surface area contributed by atoms with E-state index in [4.69, 9.17) is 4.74 Å². The van der Waals surface area contributed by atoms with Crippen LogP contribution in [0.25, 0.3) is 0 Å². The second-order valence-corrected chi connectivity index (χ2v) is 10.7. The van der Waals surface area contributed by atoms with E-state index in [1.165, 1.54) is 11.1 Å². The number of ether oxygens (including phenoxy) is 1. The van der Waals surface area contributed by atoms with Crippen LogP contribution in [0.3, 0.4) is 0 Å². The maximum Gasteiger partial charge on any atom is 0.408 e. The van der Waals surface area contributed by atoms with Gasteiger partial charge in [-0.25, -0.2) is 4.79 Å². The number of hydrogen-bond donors (Lipinski definition) is 3. The molecule has 0 radical (unpaired) electrons. The van der Waals surface area contributed by atoms with Crippen LogP contribution in [-0.2, 0) is 17.6 Å². The minimum Gasteiger partial charge on any atom is -0.508 e. The lowest BCUT2D eigenvalue weighted by Gasteiger charge is -2.45. The molecular weight excluding hydrogens is 428 g/mol. The molecule has 1 heterocycles. The Kier molecular flexibility index (Phi) is 8.84. The van der Waals surface area contributed by atoms with Gasteiger partial charge in [0.05, 0.1) is 32.2 Å². The monoisotopic (exact) mass is 469 g/mol. The first-order valence-corrected chi connectivity index (χ1v) is 12.5. The van der Waals surface area contributed by atoms with Crippen molar-refractivity contribution in [2.75, 3.05) is 26.2 Å². The molecule has 3 N–H and O–H groups in total. The van der Waals surface area contributed by atoms with Gasteiger partial charge in [0, 0.05) is 12.8 Å². The van der Waals surface area contributed by atoms with Crippen molar-refractivity contribution in [3.8, 4) is 11.5 Å². The predicted molar refractivity (Wildman–Crippen MR) is 135 cm³/mol. The molecular formula is C28H41N2O4+. The number of aromatic hydroxyl groups is 2. The molecule has 0 aromatic heterocycles. The Morgan fingerprint density at radius 3 is 1.91 bits per heavy atom. The first-order chi connectivity index (χ1) is 16.1. The second kappa shape index (κ2) is 11.6. The van der Waals surface area contributed by atoms with Crippen LogP contribution in [0.5, 0.6) is 11.5 Å². The number of piperidine rings is 1. The number of benzene rings is 2. The Morgan fingerprint density at radius 1 is 0.941 bits per heavy atom. The van der Waals surface area contributed by atoms with Gasteiger partial charge in [0.15, 0.2) is 0 Å². The number of carbonyl (C=O) groups is 1. The molecule has 1 aliphatic rings. The number of nitrogens with zero attached hydrogens (tertiary/aromatic N) is 1. The standard InChI is InChI=1S/C28H40N2O4/c1-28(2,3)34-27(33)29-24-9-6-20-30(21-24,18-4-7-22-10-14-25(31)15-11-22)19-5-8-23-12-16-26(32)17-13-23/h10-17,24H,4-9,18-21H2,1-3H3,(H2-,29,31,32,33)/p+1. The molecule has 6 nitrogen and oxygen atoms in total. The summed E-state index contributed by atoms with van der Waals surface area (Å²) in [7, 11) is 0. The Morgan fingerprint density at radius 2 is 1.44 bits per heavy atom. The first-order valence-electron chi connectivity index (χ1n) is 12.5. The Bertz CT molecular complexity index is 852. The zero-order valence-electron chi connectivity index (χ0n) is 20.9. The topological polar surface area (TPSA) is 78.8 Å². The van der Waals surface area contributed by atoms with Gasteiger partial charge >= 0.3 is 6.09 Å². The van der Waals surface area contributed by atoms with Crippen LogP contribution in [0.15, 0.2) is 48.5 Å². The van der Waals surface area contributed by atoms with Crippen LogP contribution < -0.4 is 5.32 Å². The number of phenols is 2. The average molecular weight is 470 g/mol. The molecule has 0 aliphatic carbocycles. The third-order valence-corrected chi connectivity index (χ3v) is 6.58.